The van der Waals surface area contributed by atoms with Gasteiger partial charge in [0.25, 0.3) is 5.91 Å². The first-order chi connectivity index (χ1) is 14.2. The van der Waals surface area contributed by atoms with E-state index < -0.39 is 21.6 Å². The summed E-state index contributed by atoms with van der Waals surface area (Å²) < 4.78 is 27.0. The fourth-order valence-electron chi connectivity index (χ4n) is 4.41. The summed E-state index contributed by atoms with van der Waals surface area (Å²) in [6.45, 7) is 2.37. The Hall–Kier alpha value is -2.46. The molecule has 30 heavy (non-hydrogen) atoms. The average molecular weight is 435 g/mol. The van der Waals surface area contributed by atoms with Crippen LogP contribution < -0.4 is 5.32 Å². The third-order valence-electron chi connectivity index (χ3n) is 6.25. The fraction of sp³-hybridized carbons (Fsp3) is 0.550. The number of hydrogen-bond acceptors (Lipinski definition) is 5. The molecule has 1 aliphatic carbocycles. The molecular formula is C20H26N4O5S. The molecule has 1 spiro atoms. The molecule has 0 radical (unpaired) electrons. The maximum absolute atomic E-state index is 12.8. The van der Waals surface area contributed by atoms with Crippen LogP contribution in [-0.4, -0.2) is 78.6 Å². The Labute approximate surface area is 176 Å². The largest absolute Gasteiger partial charge is 0.338 e. The SMILES string of the molecule is Cc1ccc(S(=O)(=O)N2CCN(C(=O)CN3C(=O)NC4(CCCC4)C3=O)CC2)cc1. The molecule has 9 nitrogen and oxygen atoms in total. The maximum Gasteiger partial charge on any atom is 0.325 e. The van der Waals surface area contributed by atoms with E-state index in [1.165, 1.54) is 9.21 Å². The Kier molecular flexibility index (Phi) is 5.31. The number of aryl methyl sites for hydroxylation is 1. The third kappa shape index (κ3) is 3.58. The number of piperazine rings is 1. The number of amides is 4. The second kappa shape index (κ2) is 7.66. The van der Waals surface area contributed by atoms with E-state index in [1.54, 1.807) is 24.3 Å². The van der Waals surface area contributed by atoms with Crippen molar-refractivity contribution in [3.8, 4) is 0 Å². The van der Waals surface area contributed by atoms with Crippen LogP contribution in [0, 0.1) is 6.92 Å². The molecule has 2 heterocycles. The molecule has 1 aromatic rings. The molecule has 2 aliphatic heterocycles. The molecule has 0 unspecified atom stereocenters. The Morgan fingerprint density at radius 1 is 1.03 bits per heavy atom. The molecule has 3 fully saturated rings. The van der Waals surface area contributed by atoms with Crippen LogP contribution in [0.15, 0.2) is 29.2 Å². The smallest absolute Gasteiger partial charge is 0.325 e. The van der Waals surface area contributed by atoms with Crippen LogP contribution in [-0.2, 0) is 19.6 Å². The van der Waals surface area contributed by atoms with Crippen LogP contribution in [0.1, 0.15) is 31.2 Å². The number of hydrogen-bond donors (Lipinski definition) is 1. The lowest BCUT2D eigenvalue weighted by Crippen LogP contribution is -2.53. The second-order valence-corrected chi connectivity index (χ2v) is 10.1. The number of carbonyl (C=O) groups is 3. The molecule has 4 rings (SSSR count). The van der Waals surface area contributed by atoms with Crippen molar-refractivity contribution in [1.29, 1.82) is 0 Å². The Morgan fingerprint density at radius 2 is 1.63 bits per heavy atom. The summed E-state index contributed by atoms with van der Waals surface area (Å²) in [5.74, 6) is -0.667. The topological polar surface area (TPSA) is 107 Å². The number of nitrogens with one attached hydrogen (secondary N) is 1. The van der Waals surface area contributed by atoms with E-state index >= 15 is 0 Å². The first kappa shape index (κ1) is 20.8. The minimum Gasteiger partial charge on any atom is -0.338 e. The zero-order chi connectivity index (χ0) is 21.5. The van der Waals surface area contributed by atoms with Crippen molar-refractivity contribution in [1.82, 2.24) is 19.4 Å². The van der Waals surface area contributed by atoms with Crippen molar-refractivity contribution in [2.75, 3.05) is 32.7 Å². The Balaban J connectivity index is 1.36. The Bertz CT molecular complexity index is 961. The molecule has 1 N–H and O–H groups in total. The highest BCUT2D eigenvalue weighted by atomic mass is 32.2. The van der Waals surface area contributed by atoms with E-state index in [4.69, 9.17) is 0 Å². The summed E-state index contributed by atoms with van der Waals surface area (Å²) in [4.78, 5) is 40.4. The van der Waals surface area contributed by atoms with Gasteiger partial charge in [-0.2, -0.15) is 4.31 Å². The second-order valence-electron chi connectivity index (χ2n) is 8.21. The van der Waals surface area contributed by atoms with E-state index in [0.717, 1.165) is 23.3 Å². The lowest BCUT2D eigenvalue weighted by atomic mass is 9.98. The molecule has 0 aromatic heterocycles. The highest BCUT2D eigenvalue weighted by molar-refractivity contribution is 7.89. The van der Waals surface area contributed by atoms with Crippen molar-refractivity contribution < 1.29 is 22.8 Å². The number of rotatable bonds is 4. The summed E-state index contributed by atoms with van der Waals surface area (Å²) in [6.07, 6.45) is 2.98. The number of carbonyl (C=O) groups excluding carboxylic acids is 3. The minimum absolute atomic E-state index is 0.173. The van der Waals surface area contributed by atoms with E-state index in [0.29, 0.717) is 12.8 Å². The van der Waals surface area contributed by atoms with Crippen LogP contribution in [0.5, 0.6) is 0 Å². The summed E-state index contributed by atoms with van der Waals surface area (Å²) in [7, 11) is -3.62. The lowest BCUT2D eigenvalue weighted by Gasteiger charge is -2.34. The van der Waals surface area contributed by atoms with E-state index in [9.17, 15) is 22.8 Å². The number of nitrogens with zero attached hydrogens (tertiary/aromatic N) is 3. The van der Waals surface area contributed by atoms with Crippen molar-refractivity contribution in [2.45, 2.75) is 43.0 Å². The molecule has 4 amide bonds. The van der Waals surface area contributed by atoms with Gasteiger partial charge < -0.3 is 10.2 Å². The zero-order valence-corrected chi connectivity index (χ0v) is 17.8. The van der Waals surface area contributed by atoms with Gasteiger partial charge in [-0.25, -0.2) is 13.2 Å². The predicted octanol–water partition coefficient (Wildman–Crippen LogP) is 0.693. The van der Waals surface area contributed by atoms with Gasteiger partial charge in [-0.05, 0) is 31.9 Å². The molecule has 0 bridgehead atoms. The maximum atomic E-state index is 12.8. The number of sulfonamides is 1. The number of urea groups is 1. The number of benzene rings is 1. The molecule has 162 valence electrons. The van der Waals surface area contributed by atoms with E-state index in [2.05, 4.69) is 5.32 Å². The molecule has 1 aromatic carbocycles. The molecular weight excluding hydrogens is 408 g/mol. The van der Waals surface area contributed by atoms with Crippen LogP contribution in [0.25, 0.3) is 0 Å². The Morgan fingerprint density at radius 3 is 2.23 bits per heavy atom. The molecule has 0 atom stereocenters. The van der Waals surface area contributed by atoms with Crippen LogP contribution in [0.4, 0.5) is 4.79 Å². The van der Waals surface area contributed by atoms with Gasteiger partial charge >= 0.3 is 6.03 Å². The van der Waals surface area contributed by atoms with Gasteiger partial charge in [0, 0.05) is 26.2 Å². The van der Waals surface area contributed by atoms with Gasteiger partial charge in [0.2, 0.25) is 15.9 Å². The average Bonchev–Trinajstić information content (AvgIpc) is 3.29. The van der Waals surface area contributed by atoms with E-state index in [-0.39, 0.29) is 49.4 Å². The minimum atomic E-state index is -3.62. The van der Waals surface area contributed by atoms with Crippen molar-refractivity contribution in [3.05, 3.63) is 29.8 Å². The van der Waals surface area contributed by atoms with Crippen LogP contribution >= 0.6 is 0 Å². The van der Waals surface area contributed by atoms with Crippen LogP contribution in [0.3, 0.4) is 0 Å². The molecule has 1 saturated carbocycles. The highest BCUT2D eigenvalue weighted by Crippen LogP contribution is 2.35. The summed E-state index contributed by atoms with van der Waals surface area (Å²) >= 11 is 0. The first-order valence-corrected chi connectivity index (χ1v) is 11.7. The first-order valence-electron chi connectivity index (χ1n) is 10.2. The zero-order valence-electron chi connectivity index (χ0n) is 17.0. The van der Waals surface area contributed by atoms with Gasteiger partial charge in [0.05, 0.1) is 4.90 Å². The normalized spacial score (nSPS) is 22.0. The van der Waals surface area contributed by atoms with Gasteiger partial charge in [0.1, 0.15) is 12.1 Å². The molecule has 10 heteroatoms. The summed E-state index contributed by atoms with van der Waals surface area (Å²) in [5, 5.41) is 2.77. The van der Waals surface area contributed by atoms with Crippen LogP contribution in [0.2, 0.25) is 0 Å². The lowest BCUT2D eigenvalue weighted by molar-refractivity contribution is -0.139. The highest BCUT2D eigenvalue weighted by Gasteiger charge is 2.53. The van der Waals surface area contributed by atoms with Gasteiger partial charge in [-0.3, -0.25) is 14.5 Å². The summed E-state index contributed by atoms with van der Waals surface area (Å²) in [5.41, 5.74) is 0.141. The third-order valence-corrected chi connectivity index (χ3v) is 8.16. The van der Waals surface area contributed by atoms with Crippen molar-refractivity contribution in [3.63, 3.8) is 0 Å². The van der Waals surface area contributed by atoms with Crippen molar-refractivity contribution >= 4 is 27.9 Å². The fourth-order valence-corrected chi connectivity index (χ4v) is 5.83. The van der Waals surface area contributed by atoms with Gasteiger partial charge in [-0.1, -0.05) is 30.5 Å². The quantitative estimate of drug-likeness (QED) is 0.702. The van der Waals surface area contributed by atoms with Gasteiger partial charge in [-0.15, -0.1) is 0 Å². The molecule has 2 saturated heterocycles. The van der Waals surface area contributed by atoms with Crippen molar-refractivity contribution in [2.24, 2.45) is 0 Å². The van der Waals surface area contributed by atoms with E-state index in [1.807, 2.05) is 6.92 Å². The number of imide groups is 1. The summed E-state index contributed by atoms with van der Waals surface area (Å²) in [6, 6.07) is 6.15. The standard InChI is InChI=1S/C20H26N4O5S/c1-15-4-6-16(7-5-15)30(28,29)23-12-10-22(11-13-23)17(25)14-24-18(26)20(21-19(24)27)8-2-3-9-20/h4-7H,2-3,8-14H2,1H3,(H,21,27). The van der Waals surface area contributed by atoms with Gasteiger partial charge in [0.15, 0.2) is 0 Å². The molecule has 3 aliphatic rings. The monoisotopic (exact) mass is 434 g/mol. The predicted molar refractivity (Wildman–Crippen MR) is 108 cm³/mol.